The molecule has 1 heterocycles. The van der Waals surface area contributed by atoms with Gasteiger partial charge < -0.3 is 10.2 Å². The molecule has 0 spiro atoms. The minimum Gasteiger partial charge on any atom is -0.323 e. The van der Waals surface area contributed by atoms with Gasteiger partial charge in [-0.25, -0.2) is 0 Å². The lowest BCUT2D eigenvalue weighted by Crippen LogP contribution is -2.47. The summed E-state index contributed by atoms with van der Waals surface area (Å²) in [4.78, 5) is 24.9. The van der Waals surface area contributed by atoms with Gasteiger partial charge in [0.2, 0.25) is 11.8 Å². The molecule has 0 aromatic rings. The number of fused-ring (bicyclic) bond motifs is 1. The van der Waals surface area contributed by atoms with Gasteiger partial charge in [-0.15, -0.1) is 0 Å². The first kappa shape index (κ1) is 10.9. The van der Waals surface area contributed by atoms with E-state index in [9.17, 15) is 9.59 Å². The van der Waals surface area contributed by atoms with Gasteiger partial charge >= 0.3 is 0 Å². The zero-order chi connectivity index (χ0) is 11.5. The number of carbonyl (C=O) groups is 2. The van der Waals surface area contributed by atoms with E-state index in [2.05, 4.69) is 5.32 Å². The van der Waals surface area contributed by atoms with Crippen LogP contribution in [0.15, 0.2) is 23.5 Å². The van der Waals surface area contributed by atoms with Crippen molar-refractivity contribution < 1.29 is 9.59 Å². The molecule has 0 atom stereocenters. The Kier molecular flexibility index (Phi) is 3.08. The summed E-state index contributed by atoms with van der Waals surface area (Å²) < 4.78 is 0. The number of allylic oxidation sites excluding steroid dienone is 2. The molecule has 2 amide bonds. The van der Waals surface area contributed by atoms with Crippen molar-refractivity contribution in [3.05, 3.63) is 23.5 Å². The molecule has 4 heteroatoms. The summed E-state index contributed by atoms with van der Waals surface area (Å²) in [5.74, 6) is -0.0637. The molecule has 1 aliphatic heterocycles. The minimum atomic E-state index is -0.102. The minimum absolute atomic E-state index is 0.0383. The second-order valence-electron chi connectivity index (χ2n) is 4.06. The molecule has 1 aliphatic carbocycles. The first-order valence-electron chi connectivity index (χ1n) is 5.73. The number of piperazine rings is 1. The average Bonchev–Trinajstić information content (AvgIpc) is 2.28. The SMILES string of the molecule is CCCC(=O)N1CC(=O)NC2=CCCC=C21. The Bertz CT molecular complexity index is 382. The van der Waals surface area contributed by atoms with Gasteiger partial charge in [-0.05, 0) is 19.3 Å². The van der Waals surface area contributed by atoms with Crippen molar-refractivity contribution in [3.63, 3.8) is 0 Å². The van der Waals surface area contributed by atoms with Gasteiger partial charge in [0.15, 0.2) is 0 Å². The molecule has 2 aliphatic rings. The van der Waals surface area contributed by atoms with Crippen molar-refractivity contribution >= 4 is 11.8 Å². The van der Waals surface area contributed by atoms with Crippen molar-refractivity contribution in [1.82, 2.24) is 10.2 Å². The van der Waals surface area contributed by atoms with E-state index in [1.165, 1.54) is 0 Å². The van der Waals surface area contributed by atoms with Crippen LogP contribution in [0, 0.1) is 0 Å². The lowest BCUT2D eigenvalue weighted by molar-refractivity contribution is -0.135. The normalized spacial score (nSPS) is 19.6. The summed E-state index contributed by atoms with van der Waals surface area (Å²) in [5, 5.41) is 2.81. The molecule has 1 saturated heterocycles. The topological polar surface area (TPSA) is 49.4 Å². The molecule has 0 aromatic carbocycles. The highest BCUT2D eigenvalue weighted by atomic mass is 16.2. The highest BCUT2D eigenvalue weighted by Gasteiger charge is 2.29. The monoisotopic (exact) mass is 220 g/mol. The number of hydrogen-bond acceptors (Lipinski definition) is 2. The van der Waals surface area contributed by atoms with Crippen LogP contribution in [-0.2, 0) is 9.59 Å². The maximum absolute atomic E-state index is 11.9. The summed E-state index contributed by atoms with van der Waals surface area (Å²) in [6.45, 7) is 2.12. The molecule has 4 nitrogen and oxygen atoms in total. The first-order valence-corrected chi connectivity index (χ1v) is 5.73. The Hall–Kier alpha value is -1.58. The van der Waals surface area contributed by atoms with Crippen LogP contribution in [0.1, 0.15) is 32.6 Å². The van der Waals surface area contributed by atoms with E-state index in [1.807, 2.05) is 19.1 Å². The number of carbonyl (C=O) groups excluding carboxylic acids is 2. The predicted octanol–water partition coefficient (Wildman–Crippen LogP) is 1.31. The van der Waals surface area contributed by atoms with Gasteiger partial charge in [-0.2, -0.15) is 0 Å². The van der Waals surface area contributed by atoms with E-state index < -0.39 is 0 Å². The molecule has 16 heavy (non-hydrogen) atoms. The second kappa shape index (κ2) is 4.51. The largest absolute Gasteiger partial charge is 0.323 e. The number of nitrogens with zero attached hydrogens (tertiary/aromatic N) is 1. The van der Waals surface area contributed by atoms with E-state index in [0.29, 0.717) is 6.42 Å². The fourth-order valence-corrected chi connectivity index (χ4v) is 2.02. The lowest BCUT2D eigenvalue weighted by Gasteiger charge is -2.33. The maximum Gasteiger partial charge on any atom is 0.244 e. The van der Waals surface area contributed by atoms with Gasteiger partial charge in [-0.3, -0.25) is 9.59 Å². The number of nitrogens with one attached hydrogen (secondary N) is 1. The summed E-state index contributed by atoms with van der Waals surface area (Å²) in [6, 6.07) is 0. The highest BCUT2D eigenvalue weighted by molar-refractivity contribution is 5.90. The van der Waals surface area contributed by atoms with Gasteiger partial charge in [0.05, 0.1) is 11.4 Å². The Morgan fingerprint density at radius 1 is 1.44 bits per heavy atom. The van der Waals surface area contributed by atoms with Gasteiger partial charge in [0, 0.05) is 6.42 Å². The Morgan fingerprint density at radius 2 is 2.19 bits per heavy atom. The van der Waals surface area contributed by atoms with E-state index in [1.54, 1.807) is 4.90 Å². The second-order valence-corrected chi connectivity index (χ2v) is 4.06. The van der Waals surface area contributed by atoms with Gasteiger partial charge in [0.1, 0.15) is 6.54 Å². The van der Waals surface area contributed by atoms with Crippen LogP contribution < -0.4 is 5.32 Å². The van der Waals surface area contributed by atoms with Crippen molar-refractivity contribution in [1.29, 1.82) is 0 Å². The van der Waals surface area contributed by atoms with Crippen molar-refractivity contribution in [3.8, 4) is 0 Å². The Labute approximate surface area is 95.0 Å². The third-order valence-corrected chi connectivity index (χ3v) is 2.76. The Morgan fingerprint density at radius 3 is 2.94 bits per heavy atom. The number of hydrogen-bond donors (Lipinski definition) is 1. The van der Waals surface area contributed by atoms with Crippen LogP contribution in [0.5, 0.6) is 0 Å². The quantitative estimate of drug-likeness (QED) is 0.762. The fourth-order valence-electron chi connectivity index (χ4n) is 2.02. The molecule has 1 fully saturated rings. The zero-order valence-electron chi connectivity index (χ0n) is 9.45. The van der Waals surface area contributed by atoms with Crippen molar-refractivity contribution in [2.45, 2.75) is 32.6 Å². The molecule has 0 unspecified atom stereocenters. The molecule has 0 radical (unpaired) electrons. The van der Waals surface area contributed by atoms with Crippen LogP contribution in [-0.4, -0.2) is 23.3 Å². The molecule has 86 valence electrons. The van der Waals surface area contributed by atoms with Crippen LogP contribution in [0.2, 0.25) is 0 Å². The number of rotatable bonds is 2. The van der Waals surface area contributed by atoms with E-state index in [0.717, 1.165) is 30.7 Å². The van der Waals surface area contributed by atoms with Crippen LogP contribution in [0.25, 0.3) is 0 Å². The van der Waals surface area contributed by atoms with Gasteiger partial charge in [0.25, 0.3) is 0 Å². The van der Waals surface area contributed by atoms with E-state index in [-0.39, 0.29) is 18.4 Å². The molecular weight excluding hydrogens is 204 g/mol. The van der Waals surface area contributed by atoms with Crippen LogP contribution in [0.3, 0.4) is 0 Å². The number of amides is 2. The molecule has 0 saturated carbocycles. The van der Waals surface area contributed by atoms with E-state index >= 15 is 0 Å². The van der Waals surface area contributed by atoms with Crippen LogP contribution >= 0.6 is 0 Å². The summed E-state index contributed by atoms with van der Waals surface area (Å²) in [6.07, 6.45) is 7.18. The Balaban J connectivity index is 2.22. The van der Waals surface area contributed by atoms with Crippen molar-refractivity contribution in [2.75, 3.05) is 6.54 Å². The van der Waals surface area contributed by atoms with Crippen LogP contribution in [0.4, 0.5) is 0 Å². The first-order chi connectivity index (χ1) is 7.72. The molecule has 0 aromatic heterocycles. The third kappa shape index (κ3) is 2.01. The predicted molar refractivity (Wildman–Crippen MR) is 60.2 cm³/mol. The van der Waals surface area contributed by atoms with Gasteiger partial charge in [-0.1, -0.05) is 19.1 Å². The third-order valence-electron chi connectivity index (χ3n) is 2.76. The lowest BCUT2D eigenvalue weighted by atomic mass is 10.0. The molecule has 0 bridgehead atoms. The zero-order valence-corrected chi connectivity index (χ0v) is 9.45. The summed E-state index contributed by atoms with van der Waals surface area (Å²) >= 11 is 0. The standard InChI is InChI=1S/C12H16N2O2/c1-2-5-12(16)14-8-11(15)13-9-6-3-4-7-10(9)14/h6-7H,2-5,8H2,1H3,(H,13,15). The highest BCUT2D eigenvalue weighted by Crippen LogP contribution is 2.24. The summed E-state index contributed by atoms with van der Waals surface area (Å²) in [5.41, 5.74) is 1.68. The average molecular weight is 220 g/mol. The van der Waals surface area contributed by atoms with E-state index in [4.69, 9.17) is 0 Å². The van der Waals surface area contributed by atoms with Crippen molar-refractivity contribution in [2.24, 2.45) is 0 Å². The molecule has 1 N–H and O–H groups in total. The molecular formula is C12H16N2O2. The smallest absolute Gasteiger partial charge is 0.244 e. The maximum atomic E-state index is 11.9. The summed E-state index contributed by atoms with van der Waals surface area (Å²) in [7, 11) is 0. The fraction of sp³-hybridized carbons (Fsp3) is 0.500. The molecule has 2 rings (SSSR count).